The van der Waals surface area contributed by atoms with Gasteiger partial charge in [-0.1, -0.05) is 6.92 Å². The van der Waals surface area contributed by atoms with Gasteiger partial charge in [0.1, 0.15) is 0 Å². The quantitative estimate of drug-likeness (QED) is 0.630. The number of nitrogens with zero attached hydrogens (tertiary/aromatic N) is 2. The lowest BCUT2D eigenvalue weighted by Gasteiger charge is -2.21. The van der Waals surface area contributed by atoms with Crippen LogP contribution in [0.15, 0.2) is 0 Å². The van der Waals surface area contributed by atoms with Gasteiger partial charge >= 0.3 is 12.0 Å². The van der Waals surface area contributed by atoms with Gasteiger partial charge in [0, 0.05) is 26.2 Å². The number of aliphatic carboxylic acids is 1. The second-order valence-corrected chi connectivity index (χ2v) is 5.63. The zero-order valence-electron chi connectivity index (χ0n) is 13.3. The Morgan fingerprint density at radius 3 is 2.25 bits per heavy atom. The van der Waals surface area contributed by atoms with Gasteiger partial charge in [0.25, 0.3) is 0 Å². The molecule has 6 heteroatoms. The van der Waals surface area contributed by atoms with Crippen LogP contribution in [0.1, 0.15) is 33.6 Å². The summed E-state index contributed by atoms with van der Waals surface area (Å²) in [6, 6.07) is 0.323. The molecule has 0 bridgehead atoms. The summed E-state index contributed by atoms with van der Waals surface area (Å²) in [6.07, 6.45) is 1.95. The molecule has 0 saturated carbocycles. The normalized spacial score (nSPS) is 12.6. The molecular weight excluding hydrogens is 258 g/mol. The van der Waals surface area contributed by atoms with Crippen LogP contribution in [0.4, 0.5) is 4.79 Å². The van der Waals surface area contributed by atoms with Crippen molar-refractivity contribution in [2.75, 3.05) is 33.7 Å². The fraction of sp³-hybridized carbons (Fsp3) is 0.857. The van der Waals surface area contributed by atoms with E-state index in [1.165, 1.54) is 4.90 Å². The summed E-state index contributed by atoms with van der Waals surface area (Å²) in [4.78, 5) is 26.1. The van der Waals surface area contributed by atoms with E-state index in [0.717, 1.165) is 19.4 Å². The van der Waals surface area contributed by atoms with Crippen LogP contribution < -0.4 is 5.32 Å². The molecule has 1 unspecified atom stereocenters. The van der Waals surface area contributed by atoms with Crippen molar-refractivity contribution in [2.24, 2.45) is 5.92 Å². The Labute approximate surface area is 122 Å². The molecule has 0 radical (unpaired) electrons. The largest absolute Gasteiger partial charge is 0.481 e. The summed E-state index contributed by atoms with van der Waals surface area (Å²) >= 11 is 0. The minimum absolute atomic E-state index is 0.213. The Morgan fingerprint density at radius 2 is 1.75 bits per heavy atom. The summed E-state index contributed by atoms with van der Waals surface area (Å²) < 4.78 is 0. The zero-order valence-corrected chi connectivity index (χ0v) is 13.3. The summed E-state index contributed by atoms with van der Waals surface area (Å²) in [5.41, 5.74) is 0. The van der Waals surface area contributed by atoms with Gasteiger partial charge in [-0.25, -0.2) is 4.79 Å². The van der Waals surface area contributed by atoms with Gasteiger partial charge in [0.2, 0.25) is 0 Å². The van der Waals surface area contributed by atoms with Crippen LogP contribution in [0.5, 0.6) is 0 Å². The SMILES string of the molecule is CC(CN(C)C(=O)NCCCCN(C)C(C)C)C(=O)O. The van der Waals surface area contributed by atoms with Crippen LogP contribution in [0.25, 0.3) is 0 Å². The maximum absolute atomic E-state index is 11.7. The van der Waals surface area contributed by atoms with Crippen molar-refractivity contribution in [2.45, 2.75) is 39.7 Å². The number of hydrogen-bond acceptors (Lipinski definition) is 3. The number of unbranched alkanes of at least 4 members (excludes halogenated alkanes) is 1. The Bertz CT molecular complexity index is 308. The molecule has 0 saturated heterocycles. The van der Waals surface area contributed by atoms with E-state index in [1.807, 2.05) is 0 Å². The van der Waals surface area contributed by atoms with E-state index >= 15 is 0 Å². The second kappa shape index (κ2) is 9.58. The minimum atomic E-state index is -0.888. The molecule has 0 aromatic heterocycles. The molecule has 0 aromatic carbocycles. The molecule has 0 fully saturated rings. The maximum Gasteiger partial charge on any atom is 0.317 e. The highest BCUT2D eigenvalue weighted by Gasteiger charge is 2.16. The van der Waals surface area contributed by atoms with Crippen molar-refractivity contribution in [1.29, 1.82) is 0 Å². The monoisotopic (exact) mass is 287 g/mol. The Balaban J connectivity index is 3.75. The highest BCUT2D eigenvalue weighted by atomic mass is 16.4. The van der Waals surface area contributed by atoms with Gasteiger partial charge in [-0.05, 0) is 40.3 Å². The molecule has 2 amide bonds. The van der Waals surface area contributed by atoms with Crippen LogP contribution in [-0.2, 0) is 4.79 Å². The lowest BCUT2D eigenvalue weighted by molar-refractivity contribution is -0.141. The molecular formula is C14H29N3O3. The van der Waals surface area contributed by atoms with Crippen molar-refractivity contribution >= 4 is 12.0 Å². The first kappa shape index (κ1) is 18.7. The average Bonchev–Trinajstić information content (AvgIpc) is 2.37. The van der Waals surface area contributed by atoms with Gasteiger partial charge in [-0.2, -0.15) is 0 Å². The third-order valence-corrected chi connectivity index (χ3v) is 3.41. The van der Waals surface area contributed by atoms with E-state index < -0.39 is 11.9 Å². The molecule has 0 aliphatic heterocycles. The van der Waals surface area contributed by atoms with E-state index in [0.29, 0.717) is 12.6 Å². The van der Waals surface area contributed by atoms with E-state index in [9.17, 15) is 9.59 Å². The molecule has 0 spiro atoms. The van der Waals surface area contributed by atoms with Crippen LogP contribution in [-0.4, -0.2) is 66.7 Å². The van der Waals surface area contributed by atoms with Crippen LogP contribution in [0.3, 0.4) is 0 Å². The van der Waals surface area contributed by atoms with Crippen molar-refractivity contribution in [3.63, 3.8) is 0 Å². The first-order valence-electron chi connectivity index (χ1n) is 7.17. The third-order valence-electron chi connectivity index (χ3n) is 3.41. The number of amides is 2. The van der Waals surface area contributed by atoms with E-state index in [2.05, 4.69) is 31.1 Å². The summed E-state index contributed by atoms with van der Waals surface area (Å²) in [7, 11) is 3.70. The molecule has 118 valence electrons. The minimum Gasteiger partial charge on any atom is -0.481 e. The molecule has 0 heterocycles. The zero-order chi connectivity index (χ0) is 15.7. The highest BCUT2D eigenvalue weighted by Crippen LogP contribution is 1.99. The second-order valence-electron chi connectivity index (χ2n) is 5.63. The molecule has 6 nitrogen and oxygen atoms in total. The first-order chi connectivity index (χ1) is 9.25. The fourth-order valence-electron chi connectivity index (χ4n) is 1.65. The average molecular weight is 287 g/mol. The molecule has 20 heavy (non-hydrogen) atoms. The number of carboxylic acid groups (broad SMARTS) is 1. The lowest BCUT2D eigenvalue weighted by atomic mass is 10.2. The predicted octanol–water partition coefficient (Wildman–Crippen LogP) is 1.47. The number of hydrogen-bond donors (Lipinski definition) is 2. The molecule has 1 atom stereocenters. The summed E-state index contributed by atoms with van der Waals surface area (Å²) in [6.45, 7) is 7.75. The number of carboxylic acids is 1. The van der Waals surface area contributed by atoms with Crippen LogP contribution in [0.2, 0.25) is 0 Å². The van der Waals surface area contributed by atoms with Gasteiger partial charge in [-0.3, -0.25) is 4.79 Å². The van der Waals surface area contributed by atoms with E-state index in [1.54, 1.807) is 14.0 Å². The number of rotatable bonds is 9. The number of urea groups is 1. The van der Waals surface area contributed by atoms with Crippen molar-refractivity contribution < 1.29 is 14.7 Å². The third kappa shape index (κ3) is 7.99. The Morgan fingerprint density at radius 1 is 1.15 bits per heavy atom. The summed E-state index contributed by atoms with van der Waals surface area (Å²) in [5, 5.41) is 11.6. The van der Waals surface area contributed by atoms with Crippen molar-refractivity contribution in [1.82, 2.24) is 15.1 Å². The molecule has 0 aliphatic rings. The Kier molecular flexibility index (Phi) is 8.96. The first-order valence-corrected chi connectivity index (χ1v) is 7.17. The molecule has 2 N–H and O–H groups in total. The van der Waals surface area contributed by atoms with Gasteiger partial charge < -0.3 is 20.2 Å². The molecule has 0 aliphatic carbocycles. The molecule has 0 rings (SSSR count). The number of nitrogens with one attached hydrogen (secondary N) is 1. The Hall–Kier alpha value is -1.30. The smallest absolute Gasteiger partial charge is 0.317 e. The topological polar surface area (TPSA) is 72.9 Å². The van der Waals surface area contributed by atoms with Gasteiger partial charge in [0.15, 0.2) is 0 Å². The number of carbonyl (C=O) groups is 2. The van der Waals surface area contributed by atoms with Crippen LogP contribution >= 0.6 is 0 Å². The van der Waals surface area contributed by atoms with Crippen LogP contribution in [0, 0.1) is 5.92 Å². The van der Waals surface area contributed by atoms with Gasteiger partial charge in [0.05, 0.1) is 5.92 Å². The number of carbonyl (C=O) groups excluding carboxylic acids is 1. The standard InChI is InChI=1S/C14H29N3O3/c1-11(2)16(4)9-7-6-8-15-14(20)17(5)10-12(3)13(18)19/h11-12H,6-10H2,1-5H3,(H,15,20)(H,18,19). The van der Waals surface area contributed by atoms with Crippen molar-refractivity contribution in [3.8, 4) is 0 Å². The van der Waals surface area contributed by atoms with E-state index in [-0.39, 0.29) is 12.6 Å². The van der Waals surface area contributed by atoms with E-state index in [4.69, 9.17) is 5.11 Å². The van der Waals surface area contributed by atoms with Gasteiger partial charge in [-0.15, -0.1) is 0 Å². The maximum atomic E-state index is 11.7. The van der Waals surface area contributed by atoms with Crippen molar-refractivity contribution in [3.05, 3.63) is 0 Å². The predicted molar refractivity (Wildman–Crippen MR) is 79.8 cm³/mol. The highest BCUT2D eigenvalue weighted by molar-refractivity contribution is 5.75. The molecule has 0 aromatic rings. The summed E-state index contributed by atoms with van der Waals surface area (Å²) in [5.74, 6) is -1.44. The lowest BCUT2D eigenvalue weighted by Crippen LogP contribution is -2.41. The fourth-order valence-corrected chi connectivity index (χ4v) is 1.65.